The molecular weight excluding hydrogens is 368 g/mol. The molecule has 0 heterocycles. The molecule has 0 saturated carbocycles. The van der Waals surface area contributed by atoms with E-state index in [2.05, 4.69) is 20.4 Å². The largest absolute Gasteiger partial charge is 0.493 e. The first-order chi connectivity index (χ1) is 13.6. The molecule has 0 fully saturated rings. The Morgan fingerprint density at radius 2 is 1.68 bits per heavy atom. The molecule has 2 N–H and O–H groups in total. The zero-order chi connectivity index (χ0) is 20.4. The zero-order valence-electron chi connectivity index (χ0n) is 16.2. The van der Waals surface area contributed by atoms with Crippen LogP contribution in [0.1, 0.15) is 18.1 Å². The Labute approximate surface area is 163 Å². The lowest BCUT2D eigenvalue weighted by molar-refractivity contribution is -0.0504. The number of benzene rings is 2. The maximum absolute atomic E-state index is 12.6. The van der Waals surface area contributed by atoms with Crippen LogP contribution in [0.4, 0.5) is 8.78 Å². The van der Waals surface area contributed by atoms with Crippen LogP contribution in [0.5, 0.6) is 17.2 Å². The van der Waals surface area contributed by atoms with Crippen LogP contribution in [0.25, 0.3) is 0 Å². The summed E-state index contributed by atoms with van der Waals surface area (Å²) in [6.45, 7) is 0.353. The highest BCUT2D eigenvalue weighted by Crippen LogP contribution is 2.31. The number of alkyl halides is 2. The fraction of sp³-hybridized carbons (Fsp3) is 0.350. The van der Waals surface area contributed by atoms with E-state index in [0.29, 0.717) is 36.1 Å². The van der Waals surface area contributed by atoms with E-state index in [4.69, 9.17) is 9.47 Å². The second kappa shape index (κ2) is 11.0. The van der Waals surface area contributed by atoms with E-state index in [0.717, 1.165) is 5.56 Å². The smallest absolute Gasteiger partial charge is 0.387 e. The fourth-order valence-corrected chi connectivity index (χ4v) is 2.62. The molecule has 0 amide bonds. The summed E-state index contributed by atoms with van der Waals surface area (Å²) in [6, 6.07) is 12.2. The molecule has 0 aliphatic carbocycles. The first kappa shape index (κ1) is 21.3. The number of methoxy groups -OCH3 is 2. The molecule has 0 radical (unpaired) electrons. The minimum Gasteiger partial charge on any atom is -0.493 e. The van der Waals surface area contributed by atoms with Crippen LogP contribution >= 0.6 is 0 Å². The molecule has 2 aromatic rings. The van der Waals surface area contributed by atoms with Crippen LogP contribution in [-0.2, 0) is 13.1 Å². The maximum atomic E-state index is 12.6. The summed E-state index contributed by atoms with van der Waals surface area (Å²) >= 11 is 0. The molecule has 0 atom stereocenters. The van der Waals surface area contributed by atoms with E-state index in [-0.39, 0.29) is 12.3 Å². The van der Waals surface area contributed by atoms with Gasteiger partial charge in [-0.2, -0.15) is 8.78 Å². The van der Waals surface area contributed by atoms with E-state index in [9.17, 15) is 8.78 Å². The normalized spacial score (nSPS) is 11.3. The van der Waals surface area contributed by atoms with E-state index >= 15 is 0 Å². The number of hydrogen-bond acceptors (Lipinski definition) is 4. The summed E-state index contributed by atoms with van der Waals surface area (Å²) in [4.78, 5) is 4.54. The molecule has 8 heteroatoms. The maximum Gasteiger partial charge on any atom is 0.387 e. The van der Waals surface area contributed by atoms with E-state index in [1.54, 1.807) is 32.4 Å². The number of halogens is 2. The minimum atomic E-state index is -2.87. The van der Waals surface area contributed by atoms with Gasteiger partial charge in [0.1, 0.15) is 5.75 Å². The van der Waals surface area contributed by atoms with Crippen molar-refractivity contribution in [3.05, 3.63) is 53.6 Å². The second-order valence-corrected chi connectivity index (χ2v) is 5.69. The van der Waals surface area contributed by atoms with Crippen molar-refractivity contribution in [1.82, 2.24) is 10.6 Å². The average molecular weight is 393 g/mol. The summed E-state index contributed by atoms with van der Waals surface area (Å²) in [5.41, 5.74) is 1.47. The summed E-state index contributed by atoms with van der Waals surface area (Å²) in [7, 11) is 3.16. The Morgan fingerprint density at radius 3 is 2.36 bits per heavy atom. The van der Waals surface area contributed by atoms with E-state index < -0.39 is 6.61 Å². The van der Waals surface area contributed by atoms with Crippen LogP contribution in [0, 0.1) is 0 Å². The minimum absolute atomic E-state index is 0.135. The summed E-state index contributed by atoms with van der Waals surface area (Å²) in [6.07, 6.45) is 0. The molecule has 0 aliphatic heterocycles. The quantitative estimate of drug-likeness (QED) is 0.504. The molecule has 152 valence electrons. The highest BCUT2D eigenvalue weighted by Gasteiger charge is 2.11. The van der Waals surface area contributed by atoms with Gasteiger partial charge in [-0.1, -0.05) is 30.3 Å². The van der Waals surface area contributed by atoms with Crippen LogP contribution in [0.2, 0.25) is 0 Å². The molecular formula is C20H25F2N3O3. The number of hydrogen-bond donors (Lipinski definition) is 2. The van der Waals surface area contributed by atoms with Gasteiger partial charge in [-0.3, -0.25) is 0 Å². The van der Waals surface area contributed by atoms with Gasteiger partial charge in [-0.25, -0.2) is 4.99 Å². The number of aliphatic imine (C=N–C) groups is 1. The molecule has 2 rings (SSSR count). The molecule has 28 heavy (non-hydrogen) atoms. The van der Waals surface area contributed by atoms with Crippen molar-refractivity contribution < 1.29 is 23.0 Å². The zero-order valence-corrected chi connectivity index (χ0v) is 16.2. The van der Waals surface area contributed by atoms with Crippen molar-refractivity contribution in [3.8, 4) is 17.2 Å². The SMILES string of the molecule is CCNC(=NCc1cccc(OC)c1OC)NCc1ccccc1OC(F)F. The standard InChI is InChI=1S/C20H25F2N3O3/c1-4-23-20(24-12-14-8-5-6-10-16(14)28-19(21)22)25-13-15-9-7-11-17(26-2)18(15)27-3/h5-11,19H,4,12-13H2,1-3H3,(H2,23,24,25). The molecule has 0 spiro atoms. The summed E-state index contributed by atoms with van der Waals surface area (Å²) in [5.74, 6) is 1.93. The molecule has 0 unspecified atom stereocenters. The predicted octanol–water partition coefficient (Wildman–Crippen LogP) is 3.56. The number of rotatable bonds is 9. The topological polar surface area (TPSA) is 64.1 Å². The molecule has 6 nitrogen and oxygen atoms in total. The van der Waals surface area contributed by atoms with Gasteiger partial charge < -0.3 is 24.8 Å². The molecule has 0 aliphatic rings. The molecule has 2 aromatic carbocycles. The third-order valence-corrected chi connectivity index (χ3v) is 3.87. The van der Waals surface area contributed by atoms with Crippen LogP contribution in [-0.4, -0.2) is 33.3 Å². The van der Waals surface area contributed by atoms with Gasteiger partial charge in [-0.15, -0.1) is 0 Å². The van der Waals surface area contributed by atoms with Crippen molar-refractivity contribution in [1.29, 1.82) is 0 Å². The third kappa shape index (κ3) is 6.00. The lowest BCUT2D eigenvalue weighted by Gasteiger charge is -2.15. The molecule has 0 saturated heterocycles. The van der Waals surface area contributed by atoms with E-state index in [1.165, 1.54) is 6.07 Å². The van der Waals surface area contributed by atoms with E-state index in [1.807, 2.05) is 25.1 Å². The Kier molecular flexibility index (Phi) is 8.33. The Morgan fingerprint density at radius 1 is 0.964 bits per heavy atom. The predicted molar refractivity (Wildman–Crippen MR) is 104 cm³/mol. The summed E-state index contributed by atoms with van der Waals surface area (Å²) < 4.78 is 40.4. The average Bonchev–Trinajstić information content (AvgIpc) is 2.70. The Balaban J connectivity index is 2.12. The van der Waals surface area contributed by atoms with Crippen molar-refractivity contribution in [2.24, 2.45) is 4.99 Å². The number of ether oxygens (including phenoxy) is 3. The van der Waals surface area contributed by atoms with Crippen LogP contribution in [0.15, 0.2) is 47.5 Å². The number of nitrogens with zero attached hydrogens (tertiary/aromatic N) is 1. The first-order valence-corrected chi connectivity index (χ1v) is 8.83. The first-order valence-electron chi connectivity index (χ1n) is 8.83. The highest BCUT2D eigenvalue weighted by atomic mass is 19.3. The van der Waals surface area contributed by atoms with Crippen molar-refractivity contribution in [2.75, 3.05) is 20.8 Å². The highest BCUT2D eigenvalue weighted by molar-refractivity contribution is 5.79. The van der Waals surface area contributed by atoms with Gasteiger partial charge in [0.05, 0.1) is 20.8 Å². The van der Waals surface area contributed by atoms with Crippen molar-refractivity contribution in [3.63, 3.8) is 0 Å². The number of guanidine groups is 1. The van der Waals surface area contributed by atoms with Crippen LogP contribution < -0.4 is 24.8 Å². The monoisotopic (exact) mass is 393 g/mol. The fourth-order valence-electron chi connectivity index (χ4n) is 2.62. The van der Waals surface area contributed by atoms with Crippen LogP contribution in [0.3, 0.4) is 0 Å². The molecule has 0 aromatic heterocycles. The van der Waals surface area contributed by atoms with Crippen molar-refractivity contribution in [2.45, 2.75) is 26.6 Å². The summed E-state index contributed by atoms with van der Waals surface area (Å²) in [5, 5.41) is 6.26. The third-order valence-electron chi connectivity index (χ3n) is 3.87. The van der Waals surface area contributed by atoms with Gasteiger partial charge in [0.25, 0.3) is 0 Å². The van der Waals surface area contributed by atoms with Gasteiger partial charge in [0, 0.05) is 24.2 Å². The van der Waals surface area contributed by atoms with Gasteiger partial charge in [0.2, 0.25) is 0 Å². The van der Waals surface area contributed by atoms with Gasteiger partial charge >= 0.3 is 6.61 Å². The Hall–Kier alpha value is -3.03. The lowest BCUT2D eigenvalue weighted by Crippen LogP contribution is -2.36. The molecule has 0 bridgehead atoms. The lowest BCUT2D eigenvalue weighted by atomic mass is 10.2. The Bertz CT molecular complexity index is 785. The second-order valence-electron chi connectivity index (χ2n) is 5.69. The van der Waals surface area contributed by atoms with Gasteiger partial charge in [0.15, 0.2) is 17.5 Å². The number of para-hydroxylation sites is 2. The van der Waals surface area contributed by atoms with Gasteiger partial charge in [-0.05, 0) is 19.1 Å². The van der Waals surface area contributed by atoms with Crippen molar-refractivity contribution >= 4 is 5.96 Å². The number of nitrogens with one attached hydrogen (secondary N) is 2.